The topological polar surface area (TPSA) is 110 Å². The first-order valence-corrected chi connectivity index (χ1v) is 10.5. The summed E-state index contributed by atoms with van der Waals surface area (Å²) in [6.45, 7) is -0.0211. The molecule has 0 N–H and O–H groups in total. The van der Waals surface area contributed by atoms with Crippen molar-refractivity contribution in [1.82, 2.24) is 14.9 Å². The fraction of sp³-hybridized carbons (Fsp3) is 0.300. The Labute approximate surface area is 191 Å². The van der Waals surface area contributed by atoms with Crippen molar-refractivity contribution in [2.24, 2.45) is 5.10 Å². The fourth-order valence-corrected chi connectivity index (χ4v) is 3.14. The number of carbonyl (C=O) groups excluding carboxylic acids is 1. The summed E-state index contributed by atoms with van der Waals surface area (Å²) in [5, 5.41) is 11.5. The second kappa shape index (κ2) is 10.8. The van der Waals surface area contributed by atoms with Crippen LogP contribution in [0.5, 0.6) is 17.2 Å². The van der Waals surface area contributed by atoms with Crippen LogP contribution < -0.4 is 14.2 Å². The highest BCUT2D eigenvalue weighted by atomic mass is 32.2. The summed E-state index contributed by atoms with van der Waals surface area (Å²) in [4.78, 5) is 11.5. The van der Waals surface area contributed by atoms with E-state index in [0.717, 1.165) is 16.4 Å². The molecule has 3 rings (SSSR count). The summed E-state index contributed by atoms with van der Waals surface area (Å²) >= 11 is 1.13. The Morgan fingerprint density at radius 1 is 1.21 bits per heavy atom. The number of benzene rings is 1. The summed E-state index contributed by atoms with van der Waals surface area (Å²) in [5.41, 5.74) is 0.489. The molecule has 13 heteroatoms. The highest BCUT2D eigenvalue weighted by Gasteiger charge is 2.20. The summed E-state index contributed by atoms with van der Waals surface area (Å²) in [7, 11) is 4.12. The van der Waals surface area contributed by atoms with Crippen molar-refractivity contribution in [3.8, 4) is 17.2 Å². The molecular formula is C20H20F2N4O6S. The fourth-order valence-electron chi connectivity index (χ4n) is 2.70. The molecule has 0 unspecified atom stereocenters. The third kappa shape index (κ3) is 5.42. The van der Waals surface area contributed by atoms with Crippen LogP contribution in [0.2, 0.25) is 0 Å². The van der Waals surface area contributed by atoms with Crippen LogP contribution >= 0.6 is 11.8 Å². The molecule has 1 aromatic carbocycles. The third-order valence-electron chi connectivity index (χ3n) is 4.23. The van der Waals surface area contributed by atoms with Crippen LogP contribution in [-0.4, -0.2) is 54.6 Å². The minimum Gasteiger partial charge on any atom is -0.493 e. The quantitative estimate of drug-likeness (QED) is 0.242. The zero-order valence-electron chi connectivity index (χ0n) is 18.1. The normalized spacial score (nSPS) is 11.2. The highest BCUT2D eigenvalue weighted by molar-refractivity contribution is 7.98. The lowest BCUT2D eigenvalue weighted by atomic mass is 10.2. The molecule has 2 aromatic heterocycles. The zero-order valence-corrected chi connectivity index (χ0v) is 18.9. The van der Waals surface area contributed by atoms with Crippen molar-refractivity contribution in [2.45, 2.75) is 18.2 Å². The number of rotatable bonds is 10. The molecule has 33 heavy (non-hydrogen) atoms. The molecule has 0 saturated carbocycles. The van der Waals surface area contributed by atoms with E-state index in [1.807, 2.05) is 0 Å². The van der Waals surface area contributed by atoms with Gasteiger partial charge in [0.25, 0.3) is 6.43 Å². The predicted molar refractivity (Wildman–Crippen MR) is 114 cm³/mol. The number of furan rings is 1. The van der Waals surface area contributed by atoms with Gasteiger partial charge in [-0.1, -0.05) is 11.8 Å². The Morgan fingerprint density at radius 3 is 2.48 bits per heavy atom. The maximum Gasteiger partial charge on any atom is 0.373 e. The molecule has 0 atom stereocenters. The van der Waals surface area contributed by atoms with Crippen LogP contribution in [0, 0.1) is 0 Å². The van der Waals surface area contributed by atoms with Gasteiger partial charge >= 0.3 is 5.97 Å². The van der Waals surface area contributed by atoms with E-state index in [1.54, 1.807) is 24.5 Å². The van der Waals surface area contributed by atoms with Crippen LogP contribution in [0.25, 0.3) is 0 Å². The first kappa shape index (κ1) is 24.0. The van der Waals surface area contributed by atoms with Crippen molar-refractivity contribution in [3.05, 3.63) is 47.2 Å². The molecule has 176 valence electrons. The van der Waals surface area contributed by atoms with Crippen molar-refractivity contribution >= 4 is 23.9 Å². The number of halogens is 2. The van der Waals surface area contributed by atoms with E-state index >= 15 is 0 Å². The summed E-state index contributed by atoms with van der Waals surface area (Å²) in [6.07, 6.45) is 0.187. The van der Waals surface area contributed by atoms with Crippen LogP contribution in [0.3, 0.4) is 0 Å². The van der Waals surface area contributed by atoms with Gasteiger partial charge in [0.05, 0.1) is 27.5 Å². The molecule has 0 saturated heterocycles. The number of carbonyl (C=O) groups is 1. The van der Waals surface area contributed by atoms with Gasteiger partial charge in [-0.2, -0.15) is 9.78 Å². The maximum atomic E-state index is 13.2. The molecular weight excluding hydrogens is 462 g/mol. The Balaban J connectivity index is 1.86. The molecule has 3 aromatic rings. The van der Waals surface area contributed by atoms with Gasteiger partial charge in [0.2, 0.25) is 22.5 Å². The SMILES string of the molecule is COC(=O)c1ccc(COc2c(OC)cc(/C=N\n3c(SC)nnc3C(F)F)cc2OC)o1. The van der Waals surface area contributed by atoms with Gasteiger partial charge in [-0.05, 0) is 30.5 Å². The van der Waals surface area contributed by atoms with Crippen molar-refractivity contribution in [2.75, 3.05) is 27.6 Å². The van der Waals surface area contributed by atoms with Gasteiger partial charge in [-0.15, -0.1) is 10.2 Å². The van der Waals surface area contributed by atoms with Crippen LogP contribution in [0.15, 0.2) is 38.9 Å². The van der Waals surface area contributed by atoms with Gasteiger partial charge in [-0.3, -0.25) is 0 Å². The zero-order chi connectivity index (χ0) is 24.0. The number of methoxy groups -OCH3 is 3. The minimum atomic E-state index is -2.84. The number of hydrogen-bond acceptors (Lipinski definition) is 10. The van der Waals surface area contributed by atoms with Gasteiger partial charge in [0.15, 0.2) is 11.5 Å². The van der Waals surface area contributed by atoms with Crippen molar-refractivity contribution < 1.29 is 36.9 Å². The van der Waals surface area contributed by atoms with E-state index in [1.165, 1.54) is 33.6 Å². The number of alkyl halides is 2. The highest BCUT2D eigenvalue weighted by Crippen LogP contribution is 2.39. The molecule has 0 fully saturated rings. The summed E-state index contributed by atoms with van der Waals surface area (Å²) < 4.78 is 53.9. The lowest BCUT2D eigenvalue weighted by molar-refractivity contribution is 0.0560. The molecule has 0 bridgehead atoms. The Kier molecular flexibility index (Phi) is 7.87. The van der Waals surface area contributed by atoms with Crippen LogP contribution in [-0.2, 0) is 11.3 Å². The lowest BCUT2D eigenvalue weighted by Crippen LogP contribution is -2.03. The molecule has 0 radical (unpaired) electrons. The average molecular weight is 482 g/mol. The van der Waals surface area contributed by atoms with E-state index in [-0.39, 0.29) is 23.3 Å². The number of nitrogens with zero attached hydrogens (tertiary/aromatic N) is 4. The number of esters is 1. The minimum absolute atomic E-state index is 0.0211. The Morgan fingerprint density at radius 2 is 1.91 bits per heavy atom. The maximum absolute atomic E-state index is 13.2. The number of thioether (sulfide) groups is 1. The van der Waals surface area contributed by atoms with Crippen molar-refractivity contribution in [3.63, 3.8) is 0 Å². The van der Waals surface area contributed by atoms with E-state index in [4.69, 9.17) is 18.6 Å². The third-order valence-corrected chi connectivity index (χ3v) is 4.85. The lowest BCUT2D eigenvalue weighted by Gasteiger charge is -2.14. The summed E-state index contributed by atoms with van der Waals surface area (Å²) in [6, 6.07) is 6.23. The monoisotopic (exact) mass is 482 g/mol. The number of hydrogen-bond donors (Lipinski definition) is 0. The molecule has 0 amide bonds. The van der Waals surface area contributed by atoms with Gasteiger partial charge in [-0.25, -0.2) is 13.6 Å². The first-order valence-electron chi connectivity index (χ1n) is 9.29. The Bertz CT molecular complexity index is 1120. The van der Waals surface area contributed by atoms with E-state index in [2.05, 4.69) is 20.0 Å². The second-order valence-corrected chi connectivity index (χ2v) is 6.98. The van der Waals surface area contributed by atoms with Crippen LogP contribution in [0.4, 0.5) is 8.78 Å². The molecule has 0 aliphatic rings. The molecule has 0 aliphatic heterocycles. The average Bonchev–Trinajstić information content (AvgIpc) is 3.47. The van der Waals surface area contributed by atoms with E-state index in [0.29, 0.717) is 22.8 Å². The standard InChI is InChI=1S/C20H20F2N4O6S/c1-28-14-7-11(9-23-26-18(17(21)22)24-25-20(26)33-4)8-15(29-2)16(14)31-10-12-5-6-13(32-12)19(27)30-3/h5-9,17H,10H2,1-4H3/b23-9-. The predicted octanol–water partition coefficient (Wildman–Crippen LogP) is 3.80. The van der Waals surface area contributed by atoms with Crippen LogP contribution in [0.1, 0.15) is 34.1 Å². The smallest absolute Gasteiger partial charge is 0.373 e. The van der Waals surface area contributed by atoms with Gasteiger partial charge in [0, 0.05) is 5.56 Å². The Hall–Kier alpha value is -3.61. The van der Waals surface area contributed by atoms with E-state index < -0.39 is 18.2 Å². The number of ether oxygens (including phenoxy) is 4. The molecule has 0 aliphatic carbocycles. The van der Waals surface area contributed by atoms with E-state index in [9.17, 15) is 13.6 Å². The second-order valence-electron chi connectivity index (χ2n) is 6.20. The summed E-state index contributed by atoms with van der Waals surface area (Å²) in [5.74, 6) is 0.129. The number of aromatic nitrogens is 3. The molecule has 0 spiro atoms. The molecule has 10 nitrogen and oxygen atoms in total. The van der Waals surface area contributed by atoms with Gasteiger partial charge < -0.3 is 23.4 Å². The van der Waals surface area contributed by atoms with Crippen molar-refractivity contribution in [1.29, 1.82) is 0 Å². The molecule has 2 heterocycles. The first-order chi connectivity index (χ1) is 15.9. The largest absolute Gasteiger partial charge is 0.493 e. The van der Waals surface area contributed by atoms with Gasteiger partial charge in [0.1, 0.15) is 12.4 Å².